The molecule has 0 aliphatic carbocycles. The number of benzene rings is 3. The molecule has 3 aromatic carbocycles. The summed E-state index contributed by atoms with van der Waals surface area (Å²) in [6, 6.07) is 17.1. The zero-order valence-corrected chi connectivity index (χ0v) is 22.0. The number of amidine groups is 1. The van der Waals surface area contributed by atoms with Crippen molar-refractivity contribution in [3.05, 3.63) is 83.7 Å². The Morgan fingerprint density at radius 2 is 1.79 bits per heavy atom. The fraction of sp³-hybridized carbons (Fsp3) is 0.214. The van der Waals surface area contributed by atoms with Crippen molar-refractivity contribution in [3.63, 3.8) is 0 Å². The molecule has 0 spiro atoms. The van der Waals surface area contributed by atoms with E-state index in [-0.39, 0.29) is 35.3 Å². The summed E-state index contributed by atoms with van der Waals surface area (Å²) in [5, 5.41) is 11.2. The van der Waals surface area contributed by atoms with E-state index in [0.29, 0.717) is 23.6 Å². The first-order chi connectivity index (χ1) is 18.8. The van der Waals surface area contributed by atoms with Crippen molar-refractivity contribution >= 4 is 46.1 Å². The molecule has 1 heterocycles. The Kier molecular flexibility index (Phi) is 8.82. The lowest BCUT2D eigenvalue weighted by Crippen LogP contribution is -2.46. The number of hydrogen-bond acceptors (Lipinski definition) is 7. The van der Waals surface area contributed by atoms with E-state index in [1.54, 1.807) is 25.3 Å². The Bertz CT molecular complexity index is 1410. The predicted molar refractivity (Wildman–Crippen MR) is 146 cm³/mol. The molecule has 9 nitrogen and oxygen atoms in total. The van der Waals surface area contributed by atoms with Gasteiger partial charge in [0.25, 0.3) is 0 Å². The molecule has 2 amide bonds. The molecular formula is C28H26FN3O6S. The van der Waals surface area contributed by atoms with Crippen LogP contribution in [-0.2, 0) is 16.0 Å². The van der Waals surface area contributed by atoms with Crippen LogP contribution < -0.4 is 14.8 Å². The summed E-state index contributed by atoms with van der Waals surface area (Å²) in [5.41, 5.74) is 1.41. The number of anilines is 1. The number of aliphatic imine (C=N–C) groups is 1. The van der Waals surface area contributed by atoms with Crippen LogP contribution in [0, 0.1) is 5.82 Å². The lowest BCUT2D eigenvalue weighted by Gasteiger charge is -2.32. The molecule has 0 radical (unpaired) electrons. The average Bonchev–Trinajstić information content (AvgIpc) is 2.93. The third-order valence-corrected chi connectivity index (χ3v) is 7.16. The van der Waals surface area contributed by atoms with E-state index in [4.69, 9.17) is 14.6 Å². The number of ether oxygens (including phenoxy) is 2. The number of hydrogen-bond donors (Lipinski definition) is 2. The molecule has 4 rings (SSSR count). The number of carboxylic acids is 1. The van der Waals surface area contributed by atoms with E-state index in [1.807, 2.05) is 12.1 Å². The van der Waals surface area contributed by atoms with Gasteiger partial charge in [0, 0.05) is 18.7 Å². The molecule has 0 aromatic heterocycles. The number of methoxy groups -OCH3 is 2. The lowest BCUT2D eigenvalue weighted by molar-refractivity contribution is -0.129. The lowest BCUT2D eigenvalue weighted by atomic mass is 10.1. The summed E-state index contributed by atoms with van der Waals surface area (Å²) in [6.07, 6.45) is 0.363. The number of thioether (sulfide) groups is 1. The van der Waals surface area contributed by atoms with Gasteiger partial charge in [0.15, 0.2) is 16.7 Å². The van der Waals surface area contributed by atoms with Gasteiger partial charge in [-0.2, -0.15) is 0 Å². The number of nitrogens with one attached hydrogen (secondary N) is 1. The zero-order valence-electron chi connectivity index (χ0n) is 21.2. The average molecular weight is 552 g/mol. The topological polar surface area (TPSA) is 118 Å². The molecule has 0 unspecified atom stereocenters. The van der Waals surface area contributed by atoms with Crippen LogP contribution in [0.3, 0.4) is 0 Å². The number of carbonyl (C=O) groups excluding carboxylic acids is 2. The first-order valence-corrected chi connectivity index (χ1v) is 12.8. The van der Waals surface area contributed by atoms with Gasteiger partial charge in [-0.15, -0.1) is 0 Å². The van der Waals surface area contributed by atoms with E-state index in [1.165, 1.54) is 48.4 Å². The molecule has 3 aromatic rings. The van der Waals surface area contributed by atoms with Gasteiger partial charge >= 0.3 is 5.97 Å². The molecular weight excluding hydrogens is 525 g/mol. The van der Waals surface area contributed by atoms with Crippen LogP contribution in [0.1, 0.15) is 22.3 Å². The van der Waals surface area contributed by atoms with E-state index < -0.39 is 22.9 Å². The summed E-state index contributed by atoms with van der Waals surface area (Å²) in [4.78, 5) is 43.2. The smallest absolute Gasteiger partial charge is 0.335 e. The fourth-order valence-corrected chi connectivity index (χ4v) is 5.02. The van der Waals surface area contributed by atoms with Crippen LogP contribution in [0.15, 0.2) is 71.7 Å². The summed E-state index contributed by atoms with van der Waals surface area (Å²) < 4.78 is 25.1. The van der Waals surface area contributed by atoms with Crippen LogP contribution in [-0.4, -0.2) is 59.0 Å². The van der Waals surface area contributed by atoms with Crippen molar-refractivity contribution in [3.8, 4) is 11.5 Å². The summed E-state index contributed by atoms with van der Waals surface area (Å²) in [6.45, 7) is 0.250. The van der Waals surface area contributed by atoms with E-state index >= 15 is 0 Å². The first-order valence-electron chi connectivity index (χ1n) is 11.9. The Morgan fingerprint density at radius 3 is 2.46 bits per heavy atom. The Balaban J connectivity index is 1.55. The number of carboxylic acid groups (broad SMARTS) is 1. The maximum absolute atomic E-state index is 14.4. The van der Waals surface area contributed by atoms with Crippen molar-refractivity contribution < 1.29 is 33.4 Å². The van der Waals surface area contributed by atoms with Gasteiger partial charge in [-0.1, -0.05) is 30.0 Å². The molecule has 1 saturated heterocycles. The molecule has 39 heavy (non-hydrogen) atoms. The van der Waals surface area contributed by atoms with Crippen LogP contribution in [0.4, 0.5) is 15.8 Å². The largest absolute Gasteiger partial charge is 0.493 e. The number of aromatic carboxylic acids is 1. The van der Waals surface area contributed by atoms with E-state index in [0.717, 1.165) is 17.3 Å². The molecule has 11 heteroatoms. The van der Waals surface area contributed by atoms with Crippen molar-refractivity contribution in [1.82, 2.24) is 4.90 Å². The molecule has 0 saturated carbocycles. The first kappa shape index (κ1) is 27.6. The molecule has 1 aliphatic heterocycles. The SMILES string of the molecule is COc1ccc(CCN2C(=O)C[C@@H](C(=O)Nc3ccc(C(=O)O)cc3)SC2=Nc2ccccc2F)cc1OC. The number of halogens is 1. The predicted octanol–water partition coefficient (Wildman–Crippen LogP) is 4.74. The maximum Gasteiger partial charge on any atom is 0.335 e. The number of rotatable bonds is 9. The standard InChI is InChI=1S/C28H26FN3O6S/c1-37-22-12-7-17(15-23(22)38-2)13-14-32-25(33)16-24(39-28(32)31-21-6-4-3-5-20(21)29)26(34)30-19-10-8-18(9-11-19)27(35)36/h3-12,15,24H,13-14,16H2,1-2H3,(H,30,34)(H,35,36)/t24-/m0/s1. The van der Waals surface area contributed by atoms with Crippen LogP contribution in [0.5, 0.6) is 11.5 Å². The highest BCUT2D eigenvalue weighted by Crippen LogP contribution is 2.32. The van der Waals surface area contributed by atoms with Gasteiger partial charge in [-0.25, -0.2) is 14.2 Å². The monoisotopic (exact) mass is 551 g/mol. The molecule has 1 fully saturated rings. The van der Waals surface area contributed by atoms with Crippen LogP contribution in [0.25, 0.3) is 0 Å². The maximum atomic E-state index is 14.4. The Morgan fingerprint density at radius 1 is 1.08 bits per heavy atom. The molecule has 1 atom stereocenters. The molecule has 0 bridgehead atoms. The highest BCUT2D eigenvalue weighted by molar-refractivity contribution is 8.15. The van der Waals surface area contributed by atoms with Gasteiger partial charge in [0.1, 0.15) is 16.8 Å². The molecule has 2 N–H and O–H groups in total. The third kappa shape index (κ3) is 6.74. The van der Waals surface area contributed by atoms with Crippen molar-refractivity contribution in [1.29, 1.82) is 0 Å². The number of carbonyl (C=O) groups is 3. The van der Waals surface area contributed by atoms with Gasteiger partial charge in [0.2, 0.25) is 11.8 Å². The normalized spacial score (nSPS) is 16.2. The minimum absolute atomic E-state index is 0.0502. The number of para-hydroxylation sites is 1. The second-order valence-corrected chi connectivity index (χ2v) is 9.68. The zero-order chi connectivity index (χ0) is 27.9. The van der Waals surface area contributed by atoms with Gasteiger partial charge in [-0.05, 0) is 60.5 Å². The molecule has 202 valence electrons. The van der Waals surface area contributed by atoms with Crippen LogP contribution >= 0.6 is 11.8 Å². The van der Waals surface area contributed by atoms with Crippen molar-refractivity contribution in [2.45, 2.75) is 18.1 Å². The van der Waals surface area contributed by atoms with E-state index in [2.05, 4.69) is 10.3 Å². The van der Waals surface area contributed by atoms with E-state index in [9.17, 15) is 18.8 Å². The van der Waals surface area contributed by atoms with Gasteiger partial charge in [0.05, 0.1) is 19.8 Å². The van der Waals surface area contributed by atoms with Crippen LogP contribution in [0.2, 0.25) is 0 Å². The van der Waals surface area contributed by atoms with Crippen molar-refractivity contribution in [2.24, 2.45) is 4.99 Å². The van der Waals surface area contributed by atoms with Gasteiger partial charge < -0.3 is 19.9 Å². The minimum atomic E-state index is -1.08. The fourth-order valence-electron chi connectivity index (χ4n) is 3.90. The summed E-state index contributed by atoms with van der Waals surface area (Å²) in [5.74, 6) is -1.27. The third-order valence-electron chi connectivity index (χ3n) is 5.97. The Labute approximate surface area is 228 Å². The quantitative estimate of drug-likeness (QED) is 0.394. The second kappa shape index (κ2) is 12.4. The second-order valence-electron chi connectivity index (χ2n) is 8.51. The summed E-state index contributed by atoms with van der Waals surface area (Å²) >= 11 is 1.07. The van der Waals surface area contributed by atoms with Gasteiger partial charge in [-0.3, -0.25) is 14.5 Å². The van der Waals surface area contributed by atoms with Crippen molar-refractivity contribution in [2.75, 3.05) is 26.1 Å². The molecule has 1 aliphatic rings. The minimum Gasteiger partial charge on any atom is -0.493 e. The highest BCUT2D eigenvalue weighted by atomic mass is 32.2. The highest BCUT2D eigenvalue weighted by Gasteiger charge is 2.36. The summed E-state index contributed by atoms with van der Waals surface area (Å²) in [7, 11) is 3.08. The Hall–Kier alpha value is -4.38. The number of nitrogens with zero attached hydrogens (tertiary/aromatic N) is 2. The number of amides is 2.